The van der Waals surface area contributed by atoms with E-state index in [4.69, 9.17) is 4.74 Å². The molecule has 2 aromatic rings. The quantitative estimate of drug-likeness (QED) is 0.895. The summed E-state index contributed by atoms with van der Waals surface area (Å²) in [6.45, 7) is 11.1. The van der Waals surface area contributed by atoms with E-state index in [0.29, 0.717) is 5.88 Å². The summed E-state index contributed by atoms with van der Waals surface area (Å²) in [6.07, 6.45) is 0.780. The van der Waals surface area contributed by atoms with Crippen LogP contribution in [0.5, 0.6) is 11.6 Å². The molecule has 1 heterocycles. The van der Waals surface area contributed by atoms with Gasteiger partial charge in [-0.3, -0.25) is 0 Å². The normalized spacial score (nSPS) is 10.5. The summed E-state index contributed by atoms with van der Waals surface area (Å²) in [6, 6.07) is 6.07. The smallest absolute Gasteiger partial charge is 0.227 e. The standard InChI is InChI=1S/C17H23N3O/c1-6-15-19-16(18-7-2)13(5)17(20-15)21-14-9-8-11(3)12(4)10-14/h8-10H,6-7H2,1-5H3,(H,18,19,20). The van der Waals surface area contributed by atoms with Crippen molar-refractivity contribution in [3.05, 3.63) is 40.7 Å². The number of ether oxygens (including phenoxy) is 1. The lowest BCUT2D eigenvalue weighted by Crippen LogP contribution is -2.07. The molecule has 0 aliphatic carbocycles. The van der Waals surface area contributed by atoms with Gasteiger partial charge < -0.3 is 10.1 Å². The van der Waals surface area contributed by atoms with Crippen LogP contribution < -0.4 is 10.1 Å². The van der Waals surface area contributed by atoms with Gasteiger partial charge in [0.1, 0.15) is 17.4 Å². The zero-order valence-corrected chi connectivity index (χ0v) is 13.4. The first-order chi connectivity index (χ1) is 10.0. The fourth-order valence-corrected chi connectivity index (χ4v) is 2.03. The Balaban J connectivity index is 2.37. The Morgan fingerprint density at radius 1 is 1.05 bits per heavy atom. The molecule has 0 saturated carbocycles. The molecule has 1 aromatic heterocycles. The Kier molecular flexibility index (Phi) is 4.78. The SMILES string of the molecule is CCNc1nc(CC)nc(Oc2ccc(C)c(C)c2)c1C. The van der Waals surface area contributed by atoms with E-state index in [9.17, 15) is 0 Å². The molecule has 4 heteroatoms. The molecule has 0 bridgehead atoms. The van der Waals surface area contributed by atoms with E-state index in [2.05, 4.69) is 42.1 Å². The number of hydrogen-bond donors (Lipinski definition) is 1. The number of nitrogens with zero attached hydrogens (tertiary/aromatic N) is 2. The monoisotopic (exact) mass is 285 g/mol. The van der Waals surface area contributed by atoms with Crippen molar-refractivity contribution in [2.45, 2.75) is 41.0 Å². The van der Waals surface area contributed by atoms with E-state index in [-0.39, 0.29) is 0 Å². The summed E-state index contributed by atoms with van der Waals surface area (Å²) in [4.78, 5) is 9.02. The third-order valence-electron chi connectivity index (χ3n) is 3.50. The minimum atomic E-state index is 0.626. The van der Waals surface area contributed by atoms with Crippen LogP contribution >= 0.6 is 0 Å². The first kappa shape index (κ1) is 15.3. The fourth-order valence-electron chi connectivity index (χ4n) is 2.03. The Morgan fingerprint density at radius 2 is 1.81 bits per heavy atom. The van der Waals surface area contributed by atoms with E-state index in [1.165, 1.54) is 11.1 Å². The van der Waals surface area contributed by atoms with Crippen LogP contribution in [0.2, 0.25) is 0 Å². The van der Waals surface area contributed by atoms with Crippen molar-refractivity contribution in [2.24, 2.45) is 0 Å². The number of aromatic nitrogens is 2. The molecule has 0 unspecified atom stereocenters. The topological polar surface area (TPSA) is 47.0 Å². The lowest BCUT2D eigenvalue weighted by molar-refractivity contribution is 0.454. The van der Waals surface area contributed by atoms with Gasteiger partial charge in [-0.05, 0) is 51.0 Å². The lowest BCUT2D eigenvalue weighted by atomic mass is 10.1. The molecule has 0 spiro atoms. The van der Waals surface area contributed by atoms with Crippen LogP contribution in [0, 0.1) is 20.8 Å². The van der Waals surface area contributed by atoms with Crippen LogP contribution in [-0.4, -0.2) is 16.5 Å². The van der Waals surface area contributed by atoms with Crippen LogP contribution in [0.4, 0.5) is 5.82 Å². The Labute approximate surface area is 126 Å². The highest BCUT2D eigenvalue weighted by atomic mass is 16.5. The zero-order valence-electron chi connectivity index (χ0n) is 13.4. The second-order valence-electron chi connectivity index (χ2n) is 5.15. The van der Waals surface area contributed by atoms with Crippen molar-refractivity contribution in [3.8, 4) is 11.6 Å². The highest BCUT2D eigenvalue weighted by Crippen LogP contribution is 2.28. The molecule has 1 N–H and O–H groups in total. The molecular weight excluding hydrogens is 262 g/mol. The summed E-state index contributed by atoms with van der Waals surface area (Å²) >= 11 is 0. The largest absolute Gasteiger partial charge is 0.439 e. The van der Waals surface area contributed by atoms with Crippen molar-refractivity contribution >= 4 is 5.82 Å². The molecule has 0 aliphatic rings. The van der Waals surface area contributed by atoms with E-state index < -0.39 is 0 Å². The molecule has 21 heavy (non-hydrogen) atoms. The van der Waals surface area contributed by atoms with Gasteiger partial charge in [-0.15, -0.1) is 0 Å². The second kappa shape index (κ2) is 6.57. The predicted molar refractivity (Wildman–Crippen MR) is 86.3 cm³/mol. The van der Waals surface area contributed by atoms with Crippen molar-refractivity contribution in [1.29, 1.82) is 0 Å². The van der Waals surface area contributed by atoms with Crippen LogP contribution in [0.15, 0.2) is 18.2 Å². The van der Waals surface area contributed by atoms with Crippen LogP contribution in [0.25, 0.3) is 0 Å². The van der Waals surface area contributed by atoms with E-state index in [1.807, 2.05) is 26.0 Å². The second-order valence-corrected chi connectivity index (χ2v) is 5.15. The summed E-state index contributed by atoms with van der Waals surface area (Å²) in [7, 11) is 0. The summed E-state index contributed by atoms with van der Waals surface area (Å²) in [5.41, 5.74) is 3.40. The molecule has 0 radical (unpaired) electrons. The molecule has 0 aliphatic heterocycles. The van der Waals surface area contributed by atoms with Crippen molar-refractivity contribution in [1.82, 2.24) is 9.97 Å². The van der Waals surface area contributed by atoms with Gasteiger partial charge in [-0.2, -0.15) is 4.98 Å². The van der Waals surface area contributed by atoms with Crippen LogP contribution in [-0.2, 0) is 6.42 Å². The van der Waals surface area contributed by atoms with Crippen molar-refractivity contribution < 1.29 is 4.74 Å². The molecule has 0 fully saturated rings. The first-order valence-electron chi connectivity index (χ1n) is 7.41. The van der Waals surface area contributed by atoms with Gasteiger partial charge in [-0.1, -0.05) is 13.0 Å². The highest BCUT2D eigenvalue weighted by Gasteiger charge is 2.12. The van der Waals surface area contributed by atoms with Gasteiger partial charge in [0, 0.05) is 13.0 Å². The molecule has 0 amide bonds. The van der Waals surface area contributed by atoms with Crippen LogP contribution in [0.1, 0.15) is 36.4 Å². The Bertz CT molecular complexity index is 638. The van der Waals surface area contributed by atoms with E-state index in [1.54, 1.807) is 0 Å². The predicted octanol–water partition coefficient (Wildman–Crippen LogP) is 4.19. The molecule has 2 rings (SSSR count). The van der Waals surface area contributed by atoms with Crippen LogP contribution in [0.3, 0.4) is 0 Å². The zero-order chi connectivity index (χ0) is 15.4. The average molecular weight is 285 g/mol. The maximum atomic E-state index is 5.98. The Morgan fingerprint density at radius 3 is 2.43 bits per heavy atom. The van der Waals surface area contributed by atoms with Gasteiger partial charge in [0.2, 0.25) is 5.88 Å². The maximum Gasteiger partial charge on any atom is 0.227 e. The molecule has 1 aromatic carbocycles. The molecule has 4 nitrogen and oxygen atoms in total. The summed E-state index contributed by atoms with van der Waals surface area (Å²) in [5.74, 6) is 3.07. The number of rotatable bonds is 5. The molecule has 112 valence electrons. The molecule has 0 saturated heterocycles. The van der Waals surface area contributed by atoms with E-state index in [0.717, 1.165) is 35.9 Å². The van der Waals surface area contributed by atoms with Gasteiger partial charge in [0.05, 0.1) is 5.56 Å². The van der Waals surface area contributed by atoms with E-state index >= 15 is 0 Å². The molecular formula is C17H23N3O. The third-order valence-corrected chi connectivity index (χ3v) is 3.50. The fraction of sp³-hybridized carbons (Fsp3) is 0.412. The average Bonchev–Trinajstić information content (AvgIpc) is 2.47. The van der Waals surface area contributed by atoms with Crippen molar-refractivity contribution in [3.63, 3.8) is 0 Å². The summed E-state index contributed by atoms with van der Waals surface area (Å²) < 4.78 is 5.98. The number of anilines is 1. The minimum Gasteiger partial charge on any atom is -0.439 e. The summed E-state index contributed by atoms with van der Waals surface area (Å²) in [5, 5.41) is 3.27. The number of nitrogens with one attached hydrogen (secondary N) is 1. The third kappa shape index (κ3) is 3.51. The highest BCUT2D eigenvalue weighted by molar-refractivity contribution is 5.50. The number of aryl methyl sites for hydroxylation is 3. The molecule has 0 atom stereocenters. The maximum absolute atomic E-state index is 5.98. The Hall–Kier alpha value is -2.10. The lowest BCUT2D eigenvalue weighted by Gasteiger charge is -2.14. The van der Waals surface area contributed by atoms with Gasteiger partial charge in [0.15, 0.2) is 0 Å². The van der Waals surface area contributed by atoms with Gasteiger partial charge in [0.25, 0.3) is 0 Å². The number of benzene rings is 1. The van der Waals surface area contributed by atoms with Gasteiger partial charge >= 0.3 is 0 Å². The van der Waals surface area contributed by atoms with Crippen molar-refractivity contribution in [2.75, 3.05) is 11.9 Å². The first-order valence-corrected chi connectivity index (χ1v) is 7.41. The van der Waals surface area contributed by atoms with Gasteiger partial charge in [-0.25, -0.2) is 4.98 Å². The number of hydrogen-bond acceptors (Lipinski definition) is 4. The minimum absolute atomic E-state index is 0.626.